The minimum atomic E-state index is -0.726. The van der Waals surface area contributed by atoms with E-state index in [2.05, 4.69) is 0 Å². The number of amides is 1. The molecule has 5 heteroatoms. The maximum atomic E-state index is 12.1. The number of carbonyl (C=O) groups is 2. The Hall–Kier alpha value is -0.710. The van der Waals surface area contributed by atoms with Crippen molar-refractivity contribution < 1.29 is 14.7 Å². The molecule has 0 saturated heterocycles. The molecule has 1 N–H and O–H groups in total. The fourth-order valence-electron chi connectivity index (χ4n) is 2.47. The highest BCUT2D eigenvalue weighted by atomic mass is 32.2. The Balaban J connectivity index is 2.36. The molecule has 0 spiro atoms. The quantitative estimate of drug-likeness (QED) is 0.745. The molecule has 1 aliphatic carbocycles. The van der Waals surface area contributed by atoms with Crippen LogP contribution in [0.2, 0.25) is 0 Å². The molecule has 1 fully saturated rings. The highest BCUT2D eigenvalue weighted by molar-refractivity contribution is 7.99. The third-order valence-electron chi connectivity index (χ3n) is 3.52. The molecular formula is C14H25NO3S. The Morgan fingerprint density at radius 1 is 1.21 bits per heavy atom. The molecule has 4 nitrogen and oxygen atoms in total. The van der Waals surface area contributed by atoms with Crippen molar-refractivity contribution in [3.63, 3.8) is 0 Å². The predicted octanol–water partition coefficient (Wildman–Crippen LogP) is 2.62. The standard InChI is InChI=1S/C14H25NO3S/c1-10(2)15(11(3)4)12(16)8-19-9-14(5-6-14)7-13(17)18/h10-11H,5-9H2,1-4H3,(H,17,18). The summed E-state index contributed by atoms with van der Waals surface area (Å²) in [7, 11) is 0. The highest BCUT2D eigenvalue weighted by Gasteiger charge is 2.44. The summed E-state index contributed by atoms with van der Waals surface area (Å²) in [6.45, 7) is 8.09. The van der Waals surface area contributed by atoms with E-state index in [1.165, 1.54) is 0 Å². The number of rotatable bonds is 8. The molecule has 1 rings (SSSR count). The van der Waals surface area contributed by atoms with Crippen molar-refractivity contribution in [2.45, 2.75) is 59.0 Å². The molecule has 0 unspecified atom stereocenters. The molecule has 0 bridgehead atoms. The molecule has 0 radical (unpaired) electrons. The number of thioether (sulfide) groups is 1. The van der Waals surface area contributed by atoms with Crippen molar-refractivity contribution in [3.8, 4) is 0 Å². The van der Waals surface area contributed by atoms with Gasteiger partial charge < -0.3 is 10.0 Å². The Bertz CT molecular complexity index is 330. The number of carbonyl (C=O) groups excluding carboxylic acids is 1. The summed E-state index contributed by atoms with van der Waals surface area (Å²) in [6, 6.07) is 0.420. The molecular weight excluding hydrogens is 262 g/mol. The fourth-order valence-corrected chi connectivity index (χ4v) is 3.72. The van der Waals surface area contributed by atoms with E-state index in [0.29, 0.717) is 5.75 Å². The van der Waals surface area contributed by atoms with Crippen LogP contribution in [0.1, 0.15) is 47.0 Å². The van der Waals surface area contributed by atoms with E-state index in [9.17, 15) is 9.59 Å². The van der Waals surface area contributed by atoms with Crippen LogP contribution < -0.4 is 0 Å². The average Bonchev–Trinajstić information content (AvgIpc) is 2.95. The number of carboxylic acids is 1. The van der Waals surface area contributed by atoms with E-state index in [-0.39, 0.29) is 29.8 Å². The highest BCUT2D eigenvalue weighted by Crippen LogP contribution is 2.51. The van der Waals surface area contributed by atoms with Crippen molar-refractivity contribution in [2.75, 3.05) is 11.5 Å². The van der Waals surface area contributed by atoms with Crippen LogP contribution in [-0.4, -0.2) is 45.5 Å². The monoisotopic (exact) mass is 287 g/mol. The Morgan fingerprint density at radius 2 is 1.74 bits per heavy atom. The summed E-state index contributed by atoms with van der Waals surface area (Å²) in [6.07, 6.45) is 2.21. The Kier molecular flexibility index (Phi) is 5.71. The number of hydrogen-bond acceptors (Lipinski definition) is 3. The van der Waals surface area contributed by atoms with Gasteiger partial charge in [-0.25, -0.2) is 0 Å². The van der Waals surface area contributed by atoms with Gasteiger partial charge in [-0.1, -0.05) is 0 Å². The summed E-state index contributed by atoms with van der Waals surface area (Å²) >= 11 is 1.58. The fraction of sp³-hybridized carbons (Fsp3) is 0.857. The zero-order valence-electron chi connectivity index (χ0n) is 12.3. The first-order valence-electron chi connectivity index (χ1n) is 6.88. The van der Waals surface area contributed by atoms with E-state index >= 15 is 0 Å². The van der Waals surface area contributed by atoms with Gasteiger partial charge in [0.1, 0.15) is 0 Å². The van der Waals surface area contributed by atoms with Crippen LogP contribution in [-0.2, 0) is 9.59 Å². The first-order valence-corrected chi connectivity index (χ1v) is 8.03. The molecule has 0 aromatic rings. The lowest BCUT2D eigenvalue weighted by Crippen LogP contribution is -2.43. The lowest BCUT2D eigenvalue weighted by Gasteiger charge is -2.30. The number of carboxylic acid groups (broad SMARTS) is 1. The molecule has 1 saturated carbocycles. The first kappa shape index (κ1) is 16.3. The van der Waals surface area contributed by atoms with Crippen molar-refractivity contribution >= 4 is 23.6 Å². The van der Waals surface area contributed by atoms with Gasteiger partial charge in [-0.15, -0.1) is 0 Å². The molecule has 0 aromatic heterocycles. The van der Waals surface area contributed by atoms with E-state index in [0.717, 1.165) is 18.6 Å². The first-order chi connectivity index (χ1) is 8.77. The van der Waals surface area contributed by atoms with E-state index in [1.54, 1.807) is 11.8 Å². The molecule has 0 heterocycles. The second-order valence-electron chi connectivity index (χ2n) is 6.05. The van der Waals surface area contributed by atoms with Crippen LogP contribution in [0.5, 0.6) is 0 Å². The van der Waals surface area contributed by atoms with Crippen molar-refractivity contribution in [1.29, 1.82) is 0 Å². The second kappa shape index (κ2) is 6.64. The minimum absolute atomic E-state index is 0.0305. The second-order valence-corrected chi connectivity index (χ2v) is 7.04. The van der Waals surface area contributed by atoms with Gasteiger partial charge in [0.05, 0.1) is 12.2 Å². The van der Waals surface area contributed by atoms with Crippen LogP contribution >= 0.6 is 11.8 Å². The van der Waals surface area contributed by atoms with Gasteiger partial charge in [-0.05, 0) is 51.7 Å². The van der Waals surface area contributed by atoms with Gasteiger partial charge in [0, 0.05) is 12.1 Å². The zero-order valence-corrected chi connectivity index (χ0v) is 13.1. The molecule has 0 aromatic carbocycles. The van der Waals surface area contributed by atoms with E-state index in [4.69, 9.17) is 5.11 Å². The van der Waals surface area contributed by atoms with E-state index < -0.39 is 5.97 Å². The summed E-state index contributed by atoms with van der Waals surface area (Å²) in [5, 5.41) is 8.85. The summed E-state index contributed by atoms with van der Waals surface area (Å²) in [5.74, 6) is 0.670. The Morgan fingerprint density at radius 3 is 2.11 bits per heavy atom. The van der Waals surface area contributed by atoms with Gasteiger partial charge in [-0.3, -0.25) is 9.59 Å². The van der Waals surface area contributed by atoms with Crippen molar-refractivity contribution in [1.82, 2.24) is 4.90 Å². The molecule has 19 heavy (non-hydrogen) atoms. The van der Waals surface area contributed by atoms with Gasteiger partial charge in [0.15, 0.2) is 0 Å². The van der Waals surface area contributed by atoms with Crippen LogP contribution in [0.15, 0.2) is 0 Å². The zero-order chi connectivity index (χ0) is 14.6. The smallest absolute Gasteiger partial charge is 0.303 e. The average molecular weight is 287 g/mol. The van der Waals surface area contributed by atoms with Crippen LogP contribution in [0.3, 0.4) is 0 Å². The van der Waals surface area contributed by atoms with E-state index in [1.807, 2.05) is 32.6 Å². The van der Waals surface area contributed by atoms with Crippen molar-refractivity contribution in [3.05, 3.63) is 0 Å². The Labute approximate surface area is 119 Å². The summed E-state index contributed by atoms with van der Waals surface area (Å²) < 4.78 is 0. The number of aliphatic carboxylic acids is 1. The van der Waals surface area contributed by atoms with Crippen LogP contribution in [0.25, 0.3) is 0 Å². The maximum Gasteiger partial charge on any atom is 0.303 e. The largest absolute Gasteiger partial charge is 0.481 e. The normalized spacial score (nSPS) is 16.7. The topological polar surface area (TPSA) is 57.6 Å². The van der Waals surface area contributed by atoms with Gasteiger partial charge in [-0.2, -0.15) is 11.8 Å². The van der Waals surface area contributed by atoms with Gasteiger partial charge >= 0.3 is 5.97 Å². The molecule has 110 valence electrons. The lowest BCUT2D eigenvalue weighted by molar-refractivity contribution is -0.138. The number of hydrogen-bond donors (Lipinski definition) is 1. The third-order valence-corrected chi connectivity index (χ3v) is 4.79. The van der Waals surface area contributed by atoms with Crippen LogP contribution in [0.4, 0.5) is 0 Å². The van der Waals surface area contributed by atoms with Gasteiger partial charge in [0.25, 0.3) is 0 Å². The third kappa shape index (κ3) is 5.05. The number of nitrogens with zero attached hydrogens (tertiary/aromatic N) is 1. The lowest BCUT2D eigenvalue weighted by atomic mass is 10.1. The summed E-state index contributed by atoms with van der Waals surface area (Å²) in [5.41, 5.74) is -0.0305. The minimum Gasteiger partial charge on any atom is -0.481 e. The molecule has 1 amide bonds. The predicted molar refractivity (Wildman–Crippen MR) is 78.4 cm³/mol. The molecule has 1 aliphatic rings. The van der Waals surface area contributed by atoms with Gasteiger partial charge in [0.2, 0.25) is 5.91 Å². The van der Waals surface area contributed by atoms with Crippen LogP contribution in [0, 0.1) is 5.41 Å². The van der Waals surface area contributed by atoms with Crippen molar-refractivity contribution in [2.24, 2.45) is 5.41 Å². The summed E-state index contributed by atoms with van der Waals surface area (Å²) in [4.78, 5) is 24.8. The maximum absolute atomic E-state index is 12.1. The SMILES string of the molecule is CC(C)N(C(=O)CSCC1(CC(=O)O)CC1)C(C)C. The molecule has 0 aliphatic heterocycles. The molecule has 0 atom stereocenters.